The Morgan fingerprint density at radius 2 is 1.44 bits per heavy atom. The fourth-order valence-corrected chi connectivity index (χ4v) is 0. The summed E-state index contributed by atoms with van der Waals surface area (Å²) in [6, 6.07) is 1.82. The summed E-state index contributed by atoms with van der Waals surface area (Å²) in [6.07, 6.45) is 0. The molecule has 6 nitrogen and oxygen atoms in total. The Kier molecular flexibility index (Phi) is 7.23. The molecule has 0 rings (SSSR count). The van der Waals surface area contributed by atoms with Crippen molar-refractivity contribution in [2.24, 2.45) is 0 Å². The number of halogens is 1. The SMILES string of the molecule is N#CC[NH3+].[O-][Cl+3]([O-])([O-])[O-]. The number of hydrogen-bond donors (Lipinski definition) is 1. The minimum Gasteiger partial charge on any atom is -0.346 e. The topological polar surface area (TPSA) is 144 Å². The number of hydrogen-bond acceptors (Lipinski definition) is 5. The van der Waals surface area contributed by atoms with Crippen LogP contribution in [0.25, 0.3) is 0 Å². The molecule has 0 saturated heterocycles. The average molecular weight is 157 g/mol. The Balaban J connectivity index is 0. The van der Waals surface area contributed by atoms with Crippen molar-refractivity contribution in [1.82, 2.24) is 0 Å². The Morgan fingerprint density at radius 1 is 1.33 bits per heavy atom. The zero-order valence-electron chi connectivity index (χ0n) is 4.37. The molecule has 0 aliphatic rings. The zero-order chi connectivity index (χ0) is 7.91. The molecule has 0 aliphatic heterocycles. The normalized spacial score (nSPS) is 8.89. The van der Waals surface area contributed by atoms with Crippen LogP contribution in [0.1, 0.15) is 0 Å². The highest BCUT2D eigenvalue weighted by Crippen LogP contribution is 1.49. The van der Waals surface area contributed by atoms with Gasteiger partial charge in [0.1, 0.15) is 6.07 Å². The largest absolute Gasteiger partial charge is 0.346 e. The lowest BCUT2D eigenvalue weighted by Crippen LogP contribution is -2.68. The predicted molar refractivity (Wildman–Crippen MR) is 13.4 cm³/mol. The minimum atomic E-state index is -4.94. The standard InChI is InChI=1S/C2H4N2.ClHO4/c3-1-2-4;2-1(3,4)5/h1,3H2;(H,2,3,4,5). The van der Waals surface area contributed by atoms with Gasteiger partial charge >= 0.3 is 0 Å². The predicted octanol–water partition coefficient (Wildman–Crippen LogP) is -6.00. The van der Waals surface area contributed by atoms with Crippen molar-refractivity contribution in [3.63, 3.8) is 0 Å². The Morgan fingerprint density at radius 3 is 1.44 bits per heavy atom. The first-order chi connectivity index (χ1) is 3.91. The third-order valence-electron chi connectivity index (χ3n) is 0.112. The van der Waals surface area contributed by atoms with Gasteiger partial charge in [0.2, 0.25) is 0 Å². The monoisotopic (exact) mass is 156 g/mol. The van der Waals surface area contributed by atoms with Crippen molar-refractivity contribution in [2.75, 3.05) is 6.54 Å². The lowest BCUT2D eigenvalue weighted by Gasteiger charge is -2.17. The number of nitrogens with zero attached hydrogens (tertiary/aromatic N) is 1. The van der Waals surface area contributed by atoms with Crippen molar-refractivity contribution in [2.45, 2.75) is 0 Å². The molecule has 9 heavy (non-hydrogen) atoms. The van der Waals surface area contributed by atoms with Crippen LogP contribution in [-0.2, 0) is 0 Å². The highest BCUT2D eigenvalue weighted by Gasteiger charge is 1.84. The molecule has 3 N–H and O–H groups in total. The second kappa shape index (κ2) is 5.71. The van der Waals surface area contributed by atoms with E-state index < -0.39 is 10.2 Å². The smallest absolute Gasteiger partial charge is 0.161 e. The van der Waals surface area contributed by atoms with Crippen LogP contribution in [0.5, 0.6) is 0 Å². The van der Waals surface area contributed by atoms with E-state index in [1.807, 2.05) is 6.07 Å². The Hall–Kier alpha value is -0.420. The minimum absolute atomic E-state index is 0.375. The van der Waals surface area contributed by atoms with E-state index in [1.54, 1.807) is 0 Å². The van der Waals surface area contributed by atoms with Crippen LogP contribution in [0.4, 0.5) is 0 Å². The van der Waals surface area contributed by atoms with Crippen molar-refractivity contribution in [3.05, 3.63) is 0 Å². The van der Waals surface area contributed by atoms with Gasteiger partial charge in [-0.1, -0.05) is 0 Å². The maximum atomic E-state index is 8.49. The molecule has 0 fully saturated rings. The van der Waals surface area contributed by atoms with Crippen LogP contribution < -0.4 is 24.4 Å². The Labute approximate surface area is 53.5 Å². The van der Waals surface area contributed by atoms with Gasteiger partial charge in [0.15, 0.2) is 6.54 Å². The molecule has 0 aromatic heterocycles. The summed E-state index contributed by atoms with van der Waals surface area (Å²) in [4.78, 5) is 0. The molecule has 0 unspecified atom stereocenters. The van der Waals surface area contributed by atoms with Crippen LogP contribution in [0.3, 0.4) is 0 Å². The summed E-state index contributed by atoms with van der Waals surface area (Å²) in [5.41, 5.74) is 3.24. The summed E-state index contributed by atoms with van der Waals surface area (Å²) < 4.78 is 34.0. The second-order valence-electron chi connectivity index (χ2n) is 0.786. The van der Waals surface area contributed by atoms with Gasteiger partial charge in [-0.25, -0.2) is 18.6 Å². The zero-order valence-corrected chi connectivity index (χ0v) is 5.13. The molecular formula is C2H5ClN2O4. The molecule has 0 spiro atoms. The van der Waals surface area contributed by atoms with Crippen LogP contribution in [0.15, 0.2) is 0 Å². The maximum absolute atomic E-state index is 8.49. The van der Waals surface area contributed by atoms with Gasteiger partial charge in [0.05, 0.1) is 0 Å². The summed E-state index contributed by atoms with van der Waals surface area (Å²) in [7, 11) is -4.94. The van der Waals surface area contributed by atoms with Crippen molar-refractivity contribution in [3.8, 4) is 6.07 Å². The van der Waals surface area contributed by atoms with Crippen molar-refractivity contribution in [1.29, 1.82) is 5.26 Å². The van der Waals surface area contributed by atoms with E-state index in [1.165, 1.54) is 0 Å². The maximum Gasteiger partial charge on any atom is 0.161 e. The molecule has 0 bridgehead atoms. The summed E-state index contributed by atoms with van der Waals surface area (Å²) in [5, 5.41) is 7.56. The number of nitriles is 1. The van der Waals surface area contributed by atoms with Crippen LogP contribution in [0.2, 0.25) is 0 Å². The van der Waals surface area contributed by atoms with Crippen molar-refractivity contribution < 1.29 is 34.6 Å². The molecule has 0 aromatic rings. The van der Waals surface area contributed by atoms with Crippen LogP contribution >= 0.6 is 0 Å². The molecule has 0 aliphatic carbocycles. The molecule has 0 amide bonds. The average Bonchev–Trinajstić information content (AvgIpc) is 1.61. The summed E-state index contributed by atoms with van der Waals surface area (Å²) >= 11 is 0. The van der Waals surface area contributed by atoms with Crippen molar-refractivity contribution >= 4 is 0 Å². The molecule has 0 aromatic carbocycles. The quantitative estimate of drug-likeness (QED) is 0.347. The summed E-state index contributed by atoms with van der Waals surface area (Å²) in [6.45, 7) is 0.375. The van der Waals surface area contributed by atoms with E-state index in [0.717, 1.165) is 0 Å². The van der Waals surface area contributed by atoms with E-state index in [4.69, 9.17) is 23.9 Å². The van der Waals surface area contributed by atoms with E-state index >= 15 is 0 Å². The second-order valence-corrected chi connectivity index (χ2v) is 1.54. The third kappa shape index (κ3) is 702. The highest BCUT2D eigenvalue weighted by atomic mass is 35.7. The fraction of sp³-hybridized carbons (Fsp3) is 0.500. The molecule has 0 radical (unpaired) electrons. The molecule has 0 atom stereocenters. The number of rotatable bonds is 0. The van der Waals surface area contributed by atoms with Gasteiger partial charge < -0.3 is 5.73 Å². The molecule has 0 heterocycles. The Bertz CT molecular complexity index is 87.7. The third-order valence-corrected chi connectivity index (χ3v) is 0.112. The lowest BCUT2D eigenvalue weighted by molar-refractivity contribution is -2.00. The van der Waals surface area contributed by atoms with E-state index in [2.05, 4.69) is 5.73 Å². The first kappa shape index (κ1) is 11.4. The number of quaternary nitrogens is 1. The van der Waals surface area contributed by atoms with E-state index in [-0.39, 0.29) is 0 Å². The molecule has 7 heteroatoms. The van der Waals surface area contributed by atoms with E-state index in [9.17, 15) is 0 Å². The van der Waals surface area contributed by atoms with Crippen LogP contribution in [0, 0.1) is 21.6 Å². The fourth-order valence-electron chi connectivity index (χ4n) is 0. The van der Waals surface area contributed by atoms with Gasteiger partial charge in [-0.05, 0) is 0 Å². The molecule has 54 valence electrons. The molecular weight excluding hydrogens is 151 g/mol. The first-order valence-corrected chi connectivity index (χ1v) is 2.93. The van der Waals surface area contributed by atoms with Gasteiger partial charge in [-0.3, -0.25) is 0 Å². The van der Waals surface area contributed by atoms with Gasteiger partial charge in [0.25, 0.3) is 0 Å². The van der Waals surface area contributed by atoms with E-state index in [0.29, 0.717) is 6.54 Å². The molecule has 0 saturated carbocycles. The first-order valence-electron chi connectivity index (χ1n) is 1.69. The van der Waals surface area contributed by atoms with Gasteiger partial charge in [0, 0.05) is 0 Å². The van der Waals surface area contributed by atoms with Crippen LogP contribution in [-0.4, -0.2) is 6.54 Å². The highest BCUT2D eigenvalue weighted by molar-refractivity contribution is 4.61. The van der Waals surface area contributed by atoms with Gasteiger partial charge in [-0.2, -0.15) is 5.26 Å². The summed E-state index contributed by atoms with van der Waals surface area (Å²) in [5.74, 6) is 0. The van der Waals surface area contributed by atoms with Gasteiger partial charge in [-0.15, -0.1) is 10.2 Å². The lowest BCUT2D eigenvalue weighted by atomic mass is 10.8.